The highest BCUT2D eigenvalue weighted by atomic mass is 127. The zero-order chi connectivity index (χ0) is 28.9. The number of hydrogen-bond donors (Lipinski definition) is 2. The van der Waals surface area contributed by atoms with Gasteiger partial charge >= 0.3 is 0 Å². The van der Waals surface area contributed by atoms with Gasteiger partial charge in [-0.1, -0.05) is 152 Å². The average Bonchev–Trinajstić information content (AvgIpc) is 3.08. The lowest BCUT2D eigenvalue weighted by atomic mass is 9.80. The molecule has 220 valence electrons. The molecular weight excluding hydrogens is 641 g/mol. The number of hydrogen-bond acceptors (Lipinski definition) is 2. The smallest absolute Gasteiger partial charge is 0.191 e. The van der Waals surface area contributed by atoms with Crippen LogP contribution >= 0.6 is 0 Å². The molecule has 0 saturated carbocycles. The minimum Gasteiger partial charge on any atom is -1.00 e. The fourth-order valence-corrected chi connectivity index (χ4v) is 5.49. The van der Waals surface area contributed by atoms with Crippen LogP contribution in [0, 0.1) is 0 Å². The highest BCUT2D eigenvalue weighted by Gasteiger charge is 2.37. The van der Waals surface area contributed by atoms with Gasteiger partial charge in [0.2, 0.25) is 0 Å². The van der Waals surface area contributed by atoms with Crippen molar-refractivity contribution in [3.05, 3.63) is 179 Å². The molecule has 5 heteroatoms. The van der Waals surface area contributed by atoms with Crippen LogP contribution in [-0.4, -0.2) is 32.7 Å². The van der Waals surface area contributed by atoms with E-state index in [-0.39, 0.29) is 29.9 Å². The van der Waals surface area contributed by atoms with Crippen LogP contribution in [0.15, 0.2) is 157 Å². The molecule has 0 aliphatic carbocycles. The molecule has 0 heterocycles. The van der Waals surface area contributed by atoms with Crippen molar-refractivity contribution >= 4 is 5.96 Å². The van der Waals surface area contributed by atoms with E-state index < -0.39 is 5.60 Å². The minimum absolute atomic E-state index is 0. The van der Waals surface area contributed by atoms with Crippen molar-refractivity contribution in [3.63, 3.8) is 0 Å². The van der Waals surface area contributed by atoms with E-state index in [2.05, 4.69) is 149 Å². The summed E-state index contributed by atoms with van der Waals surface area (Å²) in [5.74, 6) is 1.00. The third-order valence-electron chi connectivity index (χ3n) is 7.57. The lowest BCUT2D eigenvalue weighted by Crippen LogP contribution is -3.00. The predicted molar refractivity (Wildman–Crippen MR) is 174 cm³/mol. The minimum atomic E-state index is -0.706. The van der Waals surface area contributed by atoms with Crippen molar-refractivity contribution in [2.75, 3.05) is 26.7 Å². The predicted octanol–water partition coefficient (Wildman–Crippen LogP) is 4.39. The molecule has 5 aromatic rings. The van der Waals surface area contributed by atoms with E-state index in [1.165, 1.54) is 11.1 Å². The molecule has 0 aromatic heterocycles. The third kappa shape index (κ3) is 8.12. The van der Waals surface area contributed by atoms with Gasteiger partial charge in [-0.05, 0) is 34.2 Å². The SMILES string of the molecule is CN=C(NCCCOC(c1ccccc1)(c1ccccc1)c1ccccc1)NCC(c1ccccc1)c1ccccc1.[I-]. The third-order valence-corrected chi connectivity index (χ3v) is 7.57. The van der Waals surface area contributed by atoms with Gasteiger partial charge in [-0.15, -0.1) is 0 Å². The first-order valence-electron chi connectivity index (χ1n) is 14.7. The lowest BCUT2D eigenvalue weighted by Gasteiger charge is -2.36. The van der Waals surface area contributed by atoms with Crippen LogP contribution in [-0.2, 0) is 10.3 Å². The quantitative estimate of drug-likeness (QED) is 0.0677. The summed E-state index contributed by atoms with van der Waals surface area (Å²) in [6, 6.07) is 52.8. The Hall–Kier alpha value is -3.94. The Bertz CT molecular complexity index is 1360. The lowest BCUT2D eigenvalue weighted by molar-refractivity contribution is -0.0000178. The first-order valence-corrected chi connectivity index (χ1v) is 14.7. The highest BCUT2D eigenvalue weighted by Crippen LogP contribution is 2.40. The maximum Gasteiger partial charge on any atom is 0.191 e. The molecule has 0 unspecified atom stereocenters. The number of halogens is 1. The van der Waals surface area contributed by atoms with Crippen molar-refractivity contribution in [2.45, 2.75) is 17.9 Å². The molecule has 43 heavy (non-hydrogen) atoms. The van der Waals surface area contributed by atoms with Crippen LogP contribution in [0.1, 0.15) is 40.2 Å². The van der Waals surface area contributed by atoms with Crippen molar-refractivity contribution < 1.29 is 28.7 Å². The van der Waals surface area contributed by atoms with Crippen molar-refractivity contribution in [2.24, 2.45) is 4.99 Å². The van der Waals surface area contributed by atoms with Crippen LogP contribution in [0.3, 0.4) is 0 Å². The number of rotatable bonds is 12. The van der Waals surface area contributed by atoms with Gasteiger partial charge < -0.3 is 39.3 Å². The maximum absolute atomic E-state index is 6.92. The van der Waals surface area contributed by atoms with E-state index >= 15 is 0 Å². The molecule has 5 rings (SSSR count). The summed E-state index contributed by atoms with van der Waals surface area (Å²) in [5.41, 5.74) is 5.18. The number of nitrogens with zero attached hydrogens (tertiary/aromatic N) is 1. The van der Waals surface area contributed by atoms with Crippen LogP contribution < -0.4 is 34.6 Å². The average molecular weight is 681 g/mol. The number of aliphatic imine (C=N–C) groups is 1. The summed E-state index contributed by atoms with van der Waals surface area (Å²) in [6.45, 7) is 2.04. The number of guanidine groups is 1. The largest absolute Gasteiger partial charge is 1.00 e. The molecule has 0 radical (unpaired) electrons. The van der Waals surface area contributed by atoms with Gasteiger partial charge in [0, 0.05) is 26.1 Å². The molecule has 4 nitrogen and oxygen atoms in total. The Morgan fingerprint density at radius 1 is 0.605 bits per heavy atom. The van der Waals surface area contributed by atoms with Gasteiger partial charge in [0.1, 0.15) is 5.60 Å². The van der Waals surface area contributed by atoms with Crippen LogP contribution in [0.25, 0.3) is 0 Å². The standard InChI is InChI=1S/C38H39N3O.HI/c1-39-37(41-30-36(31-18-7-2-8-19-31)32-20-9-3-10-21-32)40-28-17-29-42-38(33-22-11-4-12-23-33,34-24-13-5-14-25-34)35-26-15-6-16-27-35;/h2-16,18-27,36H,17,28-30H2,1H3,(H2,39,40,41);1H/p-1. The molecular formula is C38H39IN3O-. The molecule has 0 aliphatic rings. The van der Waals surface area contributed by atoms with Crippen LogP contribution in [0.5, 0.6) is 0 Å². The fraction of sp³-hybridized carbons (Fsp3) is 0.184. The number of ether oxygens (including phenoxy) is 1. The van der Waals surface area contributed by atoms with Gasteiger partial charge in [-0.3, -0.25) is 4.99 Å². The second-order valence-electron chi connectivity index (χ2n) is 10.2. The summed E-state index contributed by atoms with van der Waals surface area (Å²) >= 11 is 0. The molecule has 0 atom stereocenters. The van der Waals surface area contributed by atoms with E-state index in [1.54, 1.807) is 0 Å². The Labute approximate surface area is 273 Å². The summed E-state index contributed by atoms with van der Waals surface area (Å²) in [4.78, 5) is 4.49. The molecule has 0 aliphatic heterocycles. The maximum atomic E-state index is 6.92. The molecule has 2 N–H and O–H groups in total. The molecule has 0 amide bonds. The first kappa shape index (κ1) is 32.0. The fourth-order valence-electron chi connectivity index (χ4n) is 5.49. The Balaban J connectivity index is 0.00000423. The summed E-state index contributed by atoms with van der Waals surface area (Å²) < 4.78 is 6.92. The molecule has 0 fully saturated rings. The molecule has 0 spiro atoms. The summed E-state index contributed by atoms with van der Waals surface area (Å²) in [7, 11) is 1.82. The van der Waals surface area contributed by atoms with E-state index in [1.807, 2.05) is 25.2 Å². The van der Waals surface area contributed by atoms with Gasteiger partial charge in [-0.25, -0.2) is 0 Å². The van der Waals surface area contributed by atoms with Gasteiger partial charge in [0.05, 0.1) is 6.61 Å². The summed E-state index contributed by atoms with van der Waals surface area (Å²) in [6.07, 6.45) is 0.815. The van der Waals surface area contributed by atoms with E-state index in [4.69, 9.17) is 4.74 Å². The topological polar surface area (TPSA) is 45.7 Å². The Morgan fingerprint density at radius 2 is 1.00 bits per heavy atom. The highest BCUT2D eigenvalue weighted by molar-refractivity contribution is 5.79. The van der Waals surface area contributed by atoms with Crippen LogP contribution in [0.4, 0.5) is 0 Å². The van der Waals surface area contributed by atoms with Gasteiger partial charge in [0.15, 0.2) is 5.96 Å². The van der Waals surface area contributed by atoms with E-state index in [9.17, 15) is 0 Å². The molecule has 0 bridgehead atoms. The normalized spacial score (nSPS) is 11.5. The van der Waals surface area contributed by atoms with Crippen molar-refractivity contribution in [3.8, 4) is 0 Å². The van der Waals surface area contributed by atoms with E-state index in [0.717, 1.165) is 42.2 Å². The Kier molecular flexibility index (Phi) is 12.4. The number of benzene rings is 5. The monoisotopic (exact) mass is 680 g/mol. The van der Waals surface area contributed by atoms with Crippen molar-refractivity contribution in [1.82, 2.24) is 10.6 Å². The molecule has 0 saturated heterocycles. The zero-order valence-electron chi connectivity index (χ0n) is 24.6. The van der Waals surface area contributed by atoms with Crippen molar-refractivity contribution in [1.29, 1.82) is 0 Å². The first-order chi connectivity index (χ1) is 20.8. The van der Waals surface area contributed by atoms with Crippen LogP contribution in [0.2, 0.25) is 0 Å². The molecule has 5 aromatic carbocycles. The Morgan fingerprint density at radius 3 is 1.40 bits per heavy atom. The zero-order valence-corrected chi connectivity index (χ0v) is 26.7. The second-order valence-corrected chi connectivity index (χ2v) is 10.2. The van der Waals surface area contributed by atoms with Gasteiger partial charge in [-0.2, -0.15) is 0 Å². The number of nitrogens with one attached hydrogen (secondary N) is 2. The summed E-state index contributed by atoms with van der Waals surface area (Å²) in [5, 5.41) is 7.04. The van der Waals surface area contributed by atoms with E-state index in [0.29, 0.717) is 6.61 Å². The second kappa shape index (κ2) is 16.6. The van der Waals surface area contributed by atoms with Gasteiger partial charge in [0.25, 0.3) is 0 Å².